The Morgan fingerprint density at radius 1 is 1.37 bits per heavy atom. The fourth-order valence-corrected chi connectivity index (χ4v) is 2.50. The molecular formula is C20H29FN4O2. The zero-order valence-electron chi connectivity index (χ0n) is 17.0. The normalized spacial score (nSPS) is 12.2. The van der Waals surface area contributed by atoms with Gasteiger partial charge in [-0.3, -0.25) is 0 Å². The number of oxazole rings is 1. The van der Waals surface area contributed by atoms with Crippen molar-refractivity contribution in [2.24, 2.45) is 4.99 Å². The molecule has 0 aliphatic carbocycles. The lowest BCUT2D eigenvalue weighted by atomic mass is 9.94. The minimum absolute atomic E-state index is 0.0886. The van der Waals surface area contributed by atoms with Gasteiger partial charge in [0, 0.05) is 25.6 Å². The third-order valence-electron chi connectivity index (χ3n) is 3.99. The number of nitrogens with one attached hydrogen (secondary N) is 1. The van der Waals surface area contributed by atoms with Crippen molar-refractivity contribution in [3.05, 3.63) is 47.4 Å². The highest BCUT2D eigenvalue weighted by Crippen LogP contribution is 2.23. The summed E-state index contributed by atoms with van der Waals surface area (Å²) in [7, 11) is 3.35. The molecule has 27 heavy (non-hydrogen) atoms. The molecule has 0 aliphatic rings. The number of guanidine groups is 1. The van der Waals surface area contributed by atoms with E-state index in [0.717, 1.165) is 17.9 Å². The Bertz CT molecular complexity index is 781. The van der Waals surface area contributed by atoms with E-state index in [4.69, 9.17) is 9.15 Å². The summed E-state index contributed by atoms with van der Waals surface area (Å²) in [6, 6.07) is 4.94. The van der Waals surface area contributed by atoms with Gasteiger partial charge in [-0.05, 0) is 24.6 Å². The van der Waals surface area contributed by atoms with E-state index in [1.807, 2.05) is 24.9 Å². The van der Waals surface area contributed by atoms with Crippen LogP contribution in [0, 0.1) is 5.82 Å². The first-order valence-electron chi connectivity index (χ1n) is 9.01. The van der Waals surface area contributed by atoms with Crippen molar-refractivity contribution in [2.45, 2.75) is 46.2 Å². The summed E-state index contributed by atoms with van der Waals surface area (Å²) in [6.45, 7) is 9.79. The molecule has 0 spiro atoms. The topological polar surface area (TPSA) is 62.9 Å². The molecule has 1 aromatic carbocycles. The van der Waals surface area contributed by atoms with Crippen LogP contribution >= 0.6 is 0 Å². The third-order valence-corrected chi connectivity index (χ3v) is 3.99. The maximum atomic E-state index is 13.9. The van der Waals surface area contributed by atoms with Gasteiger partial charge in [0.05, 0.1) is 13.3 Å². The highest BCUT2D eigenvalue weighted by molar-refractivity contribution is 5.79. The molecule has 0 atom stereocenters. The van der Waals surface area contributed by atoms with E-state index in [1.165, 1.54) is 13.2 Å². The molecule has 1 N–H and O–H groups in total. The quantitative estimate of drug-likeness (QED) is 0.615. The summed E-state index contributed by atoms with van der Waals surface area (Å²) in [5, 5.41) is 3.24. The van der Waals surface area contributed by atoms with Crippen LogP contribution in [-0.4, -0.2) is 36.5 Å². The summed E-state index contributed by atoms with van der Waals surface area (Å²) in [5.41, 5.74) is 0.738. The van der Waals surface area contributed by atoms with Gasteiger partial charge in [-0.25, -0.2) is 14.4 Å². The average Bonchev–Trinajstić information content (AvgIpc) is 3.08. The number of aliphatic imine (C=N–C) groups is 1. The van der Waals surface area contributed by atoms with Gasteiger partial charge in [0.2, 0.25) is 5.89 Å². The first-order chi connectivity index (χ1) is 12.7. The van der Waals surface area contributed by atoms with E-state index >= 15 is 0 Å². The van der Waals surface area contributed by atoms with Crippen LogP contribution in [0.5, 0.6) is 5.75 Å². The number of rotatable bonds is 6. The van der Waals surface area contributed by atoms with Crippen molar-refractivity contribution in [1.29, 1.82) is 0 Å². The van der Waals surface area contributed by atoms with Gasteiger partial charge >= 0.3 is 0 Å². The van der Waals surface area contributed by atoms with Crippen molar-refractivity contribution in [2.75, 3.05) is 20.7 Å². The van der Waals surface area contributed by atoms with E-state index in [1.54, 1.807) is 12.3 Å². The highest BCUT2D eigenvalue weighted by atomic mass is 19.1. The van der Waals surface area contributed by atoms with Crippen LogP contribution in [0.3, 0.4) is 0 Å². The van der Waals surface area contributed by atoms with Gasteiger partial charge in [-0.2, -0.15) is 0 Å². The Kier molecular flexibility index (Phi) is 6.82. The molecule has 0 radical (unpaired) electrons. The van der Waals surface area contributed by atoms with Gasteiger partial charge in [-0.15, -0.1) is 0 Å². The molecule has 1 heterocycles. The van der Waals surface area contributed by atoms with Crippen molar-refractivity contribution < 1.29 is 13.5 Å². The third kappa shape index (κ3) is 5.70. The number of benzene rings is 1. The van der Waals surface area contributed by atoms with Gasteiger partial charge < -0.3 is 19.4 Å². The summed E-state index contributed by atoms with van der Waals surface area (Å²) >= 11 is 0. The van der Waals surface area contributed by atoms with Crippen LogP contribution in [0.15, 0.2) is 33.8 Å². The lowest BCUT2D eigenvalue weighted by molar-refractivity contribution is 0.381. The number of methoxy groups -OCH3 is 1. The molecule has 0 saturated heterocycles. The molecule has 0 saturated carbocycles. The molecule has 148 valence electrons. The van der Waals surface area contributed by atoms with E-state index in [2.05, 4.69) is 36.1 Å². The Morgan fingerprint density at radius 3 is 2.67 bits per heavy atom. The smallest absolute Gasteiger partial charge is 0.216 e. The molecule has 2 aromatic rings. The average molecular weight is 376 g/mol. The molecule has 0 aliphatic heterocycles. The summed E-state index contributed by atoms with van der Waals surface area (Å²) in [5.74, 6) is 1.96. The van der Waals surface area contributed by atoms with Crippen molar-refractivity contribution in [3.8, 4) is 5.75 Å². The van der Waals surface area contributed by atoms with Crippen LogP contribution in [0.2, 0.25) is 0 Å². The Morgan fingerprint density at radius 2 is 2.11 bits per heavy atom. The van der Waals surface area contributed by atoms with Crippen molar-refractivity contribution in [3.63, 3.8) is 0 Å². The van der Waals surface area contributed by atoms with E-state index < -0.39 is 0 Å². The maximum Gasteiger partial charge on any atom is 0.216 e. The van der Waals surface area contributed by atoms with Crippen LogP contribution in [-0.2, 0) is 18.5 Å². The molecule has 0 bridgehead atoms. The number of nitrogens with zero attached hydrogens (tertiary/aromatic N) is 3. The lowest BCUT2D eigenvalue weighted by Crippen LogP contribution is -2.38. The summed E-state index contributed by atoms with van der Waals surface area (Å²) in [6.07, 6.45) is 1.75. The molecule has 0 fully saturated rings. The van der Waals surface area contributed by atoms with Crippen molar-refractivity contribution in [1.82, 2.24) is 15.2 Å². The molecule has 1 aromatic heterocycles. The number of aromatic nitrogens is 1. The van der Waals surface area contributed by atoms with Crippen LogP contribution in [0.4, 0.5) is 4.39 Å². The molecular weight excluding hydrogens is 347 g/mol. The van der Waals surface area contributed by atoms with Gasteiger partial charge in [0.25, 0.3) is 0 Å². The summed E-state index contributed by atoms with van der Waals surface area (Å²) < 4.78 is 24.7. The fraction of sp³-hybridized carbons (Fsp3) is 0.500. The van der Waals surface area contributed by atoms with E-state index in [-0.39, 0.29) is 17.0 Å². The molecule has 2 rings (SSSR count). The van der Waals surface area contributed by atoms with Crippen molar-refractivity contribution >= 4 is 5.96 Å². The number of ether oxygens (including phenoxy) is 1. The monoisotopic (exact) mass is 376 g/mol. The van der Waals surface area contributed by atoms with Gasteiger partial charge in [-0.1, -0.05) is 26.8 Å². The van der Waals surface area contributed by atoms with E-state index in [0.29, 0.717) is 24.9 Å². The number of hydrogen-bond acceptors (Lipinski definition) is 4. The highest BCUT2D eigenvalue weighted by Gasteiger charge is 2.19. The second-order valence-electron chi connectivity index (χ2n) is 7.36. The van der Waals surface area contributed by atoms with Crippen LogP contribution in [0.25, 0.3) is 0 Å². The molecule has 6 nitrogen and oxygen atoms in total. The molecule has 7 heteroatoms. The number of hydrogen-bond donors (Lipinski definition) is 1. The molecule has 0 unspecified atom stereocenters. The lowest BCUT2D eigenvalue weighted by Gasteiger charge is -2.22. The van der Waals surface area contributed by atoms with E-state index in [9.17, 15) is 4.39 Å². The Hall–Kier alpha value is -2.57. The predicted molar refractivity (Wildman–Crippen MR) is 104 cm³/mol. The predicted octanol–water partition coefficient (Wildman–Crippen LogP) is 3.72. The first-order valence-corrected chi connectivity index (χ1v) is 9.01. The summed E-state index contributed by atoms with van der Waals surface area (Å²) in [4.78, 5) is 10.8. The standard InChI is InChI=1S/C20H29FN4O2/c1-7-22-19(24-12-18-23-11-17(27-18)20(2,3)4)25(5)13-14-8-9-16(26-6)15(21)10-14/h8-11H,7,12-13H2,1-6H3,(H,22,24). The Labute approximate surface area is 160 Å². The van der Waals surface area contributed by atoms with Gasteiger partial charge in [0.15, 0.2) is 17.5 Å². The minimum Gasteiger partial charge on any atom is -0.494 e. The second kappa shape index (κ2) is 8.88. The maximum absolute atomic E-state index is 13.9. The first kappa shape index (κ1) is 20.7. The largest absolute Gasteiger partial charge is 0.494 e. The minimum atomic E-state index is -0.375. The second-order valence-corrected chi connectivity index (χ2v) is 7.36. The Balaban J connectivity index is 2.09. The fourth-order valence-electron chi connectivity index (χ4n) is 2.50. The molecule has 0 amide bonds. The zero-order valence-corrected chi connectivity index (χ0v) is 17.0. The van der Waals surface area contributed by atoms with Crippen LogP contribution < -0.4 is 10.1 Å². The van der Waals surface area contributed by atoms with Crippen LogP contribution in [0.1, 0.15) is 44.9 Å². The zero-order chi connectivity index (χ0) is 20.0. The number of halogens is 1. The SMILES string of the molecule is CCNC(=NCc1ncc(C(C)(C)C)o1)N(C)Cc1ccc(OC)c(F)c1. The van der Waals surface area contributed by atoms with Gasteiger partial charge in [0.1, 0.15) is 12.3 Å².